The predicted octanol–water partition coefficient (Wildman–Crippen LogP) is 2.99. The lowest BCUT2D eigenvalue weighted by Crippen LogP contribution is -2.17. The van der Waals surface area contributed by atoms with Crippen LogP contribution in [0, 0.1) is 11.3 Å². The van der Waals surface area contributed by atoms with Crippen molar-refractivity contribution in [3.05, 3.63) is 47.4 Å². The van der Waals surface area contributed by atoms with Gasteiger partial charge >= 0.3 is 0 Å². The number of benzene rings is 1. The number of nitrogens with zero attached hydrogens (tertiary/aromatic N) is 4. The van der Waals surface area contributed by atoms with Gasteiger partial charge in [-0.3, -0.25) is 0 Å². The highest BCUT2D eigenvalue weighted by molar-refractivity contribution is 5.64. The first-order valence-electron chi connectivity index (χ1n) is 6.86. The molecule has 0 radical (unpaired) electrons. The maximum Gasteiger partial charge on any atom is 0.139 e. The molecule has 1 aromatic carbocycles. The molecule has 100 valence electrons. The Hall–Kier alpha value is -2.41. The van der Waals surface area contributed by atoms with Gasteiger partial charge in [0, 0.05) is 24.0 Å². The molecule has 3 rings (SSSR count). The zero-order valence-corrected chi connectivity index (χ0v) is 11.5. The Balaban J connectivity index is 2.02. The first-order chi connectivity index (χ1) is 9.79. The minimum atomic E-state index is 0.664. The lowest BCUT2D eigenvalue weighted by Gasteiger charge is -2.24. The third kappa shape index (κ3) is 2.23. The molecule has 20 heavy (non-hydrogen) atoms. The average molecular weight is 264 g/mol. The Bertz CT molecular complexity index is 672. The summed E-state index contributed by atoms with van der Waals surface area (Å²) in [5, 5.41) is 9.01. The van der Waals surface area contributed by atoms with Gasteiger partial charge < -0.3 is 4.90 Å². The standard InChI is InChI=1S/C16H16N4/c1-20(13-6-4-5-12(9-13)10-17)16-14-7-2-3-8-15(14)18-11-19-16/h4-6,9,11H,2-3,7-8H2,1H3. The van der Waals surface area contributed by atoms with E-state index in [1.54, 1.807) is 6.33 Å². The van der Waals surface area contributed by atoms with E-state index in [0.717, 1.165) is 24.3 Å². The molecule has 4 heteroatoms. The maximum absolute atomic E-state index is 9.01. The largest absolute Gasteiger partial charge is 0.329 e. The van der Waals surface area contributed by atoms with E-state index < -0.39 is 0 Å². The van der Waals surface area contributed by atoms with Gasteiger partial charge in [-0.1, -0.05) is 6.07 Å². The highest BCUT2D eigenvalue weighted by Gasteiger charge is 2.18. The molecular weight excluding hydrogens is 248 g/mol. The average Bonchev–Trinajstić information content (AvgIpc) is 2.53. The van der Waals surface area contributed by atoms with Gasteiger partial charge in [0.15, 0.2) is 0 Å². The van der Waals surface area contributed by atoms with E-state index in [4.69, 9.17) is 5.26 Å². The fourth-order valence-electron chi connectivity index (χ4n) is 2.70. The van der Waals surface area contributed by atoms with Gasteiger partial charge in [-0.05, 0) is 43.9 Å². The fourth-order valence-corrected chi connectivity index (χ4v) is 2.70. The van der Waals surface area contributed by atoms with Crippen molar-refractivity contribution in [2.24, 2.45) is 0 Å². The zero-order valence-electron chi connectivity index (χ0n) is 11.5. The van der Waals surface area contributed by atoms with Crippen molar-refractivity contribution in [3.63, 3.8) is 0 Å². The van der Waals surface area contributed by atoms with Crippen LogP contribution in [0.4, 0.5) is 11.5 Å². The van der Waals surface area contributed by atoms with Crippen molar-refractivity contribution in [2.45, 2.75) is 25.7 Å². The van der Waals surface area contributed by atoms with Crippen LogP contribution in [0.2, 0.25) is 0 Å². The smallest absolute Gasteiger partial charge is 0.139 e. The van der Waals surface area contributed by atoms with Crippen LogP contribution >= 0.6 is 0 Å². The van der Waals surface area contributed by atoms with Crippen LogP contribution in [0.25, 0.3) is 0 Å². The molecule has 0 atom stereocenters. The number of rotatable bonds is 2. The molecule has 0 saturated heterocycles. The summed E-state index contributed by atoms with van der Waals surface area (Å²) in [6.45, 7) is 0. The lowest BCUT2D eigenvalue weighted by molar-refractivity contribution is 0.661. The van der Waals surface area contributed by atoms with Crippen LogP contribution in [0.15, 0.2) is 30.6 Å². The van der Waals surface area contributed by atoms with E-state index in [9.17, 15) is 0 Å². The first-order valence-corrected chi connectivity index (χ1v) is 6.86. The monoisotopic (exact) mass is 264 g/mol. The van der Waals surface area contributed by atoms with E-state index >= 15 is 0 Å². The summed E-state index contributed by atoms with van der Waals surface area (Å²) in [6.07, 6.45) is 6.12. The molecule has 2 aromatic rings. The van der Waals surface area contributed by atoms with Gasteiger partial charge in [0.1, 0.15) is 12.1 Å². The molecule has 0 amide bonds. The summed E-state index contributed by atoms with van der Waals surface area (Å²) < 4.78 is 0. The molecule has 1 aliphatic carbocycles. The number of anilines is 2. The van der Waals surface area contributed by atoms with E-state index in [0.29, 0.717) is 5.56 Å². The molecule has 4 nitrogen and oxygen atoms in total. The Labute approximate surface area is 118 Å². The van der Waals surface area contributed by atoms with Crippen LogP contribution in [-0.4, -0.2) is 17.0 Å². The summed E-state index contributed by atoms with van der Waals surface area (Å²) >= 11 is 0. The van der Waals surface area contributed by atoms with E-state index in [-0.39, 0.29) is 0 Å². The summed E-state index contributed by atoms with van der Waals surface area (Å²) in [7, 11) is 1.99. The molecule has 0 N–H and O–H groups in total. The molecule has 0 unspecified atom stereocenters. The van der Waals surface area contributed by atoms with Gasteiger partial charge in [0.05, 0.1) is 11.6 Å². The predicted molar refractivity (Wildman–Crippen MR) is 77.9 cm³/mol. The Kier molecular flexibility index (Phi) is 3.34. The minimum absolute atomic E-state index is 0.664. The van der Waals surface area contributed by atoms with Crippen LogP contribution in [0.5, 0.6) is 0 Å². The van der Waals surface area contributed by atoms with Crippen LogP contribution < -0.4 is 4.90 Å². The number of hydrogen-bond donors (Lipinski definition) is 0. The number of hydrogen-bond acceptors (Lipinski definition) is 4. The topological polar surface area (TPSA) is 52.8 Å². The highest BCUT2D eigenvalue weighted by Crippen LogP contribution is 2.30. The maximum atomic E-state index is 9.01. The molecule has 0 spiro atoms. The fraction of sp³-hybridized carbons (Fsp3) is 0.312. The third-order valence-electron chi connectivity index (χ3n) is 3.78. The van der Waals surface area contributed by atoms with Crippen LogP contribution in [0.3, 0.4) is 0 Å². The number of aromatic nitrogens is 2. The van der Waals surface area contributed by atoms with Crippen LogP contribution in [-0.2, 0) is 12.8 Å². The number of nitriles is 1. The second-order valence-electron chi connectivity index (χ2n) is 5.05. The van der Waals surface area contributed by atoms with Crippen molar-refractivity contribution in [1.29, 1.82) is 5.26 Å². The zero-order chi connectivity index (χ0) is 13.9. The highest BCUT2D eigenvalue weighted by atomic mass is 15.2. The normalized spacial score (nSPS) is 13.4. The Morgan fingerprint density at radius 1 is 1.20 bits per heavy atom. The van der Waals surface area contributed by atoms with Crippen LogP contribution in [0.1, 0.15) is 29.7 Å². The lowest BCUT2D eigenvalue weighted by atomic mass is 9.96. The van der Waals surface area contributed by atoms with E-state index in [1.807, 2.05) is 36.2 Å². The summed E-state index contributed by atoms with van der Waals surface area (Å²) in [5.74, 6) is 0.963. The molecule has 1 heterocycles. The summed E-state index contributed by atoms with van der Waals surface area (Å²) in [5.41, 5.74) is 4.07. The summed E-state index contributed by atoms with van der Waals surface area (Å²) in [6, 6.07) is 9.77. The molecule has 0 bridgehead atoms. The number of aryl methyl sites for hydroxylation is 1. The third-order valence-corrected chi connectivity index (χ3v) is 3.78. The molecule has 0 fully saturated rings. The SMILES string of the molecule is CN(c1cccc(C#N)c1)c1ncnc2c1CCCC2. The van der Waals surface area contributed by atoms with Gasteiger partial charge in [-0.15, -0.1) is 0 Å². The second kappa shape index (κ2) is 5.30. The second-order valence-corrected chi connectivity index (χ2v) is 5.05. The van der Waals surface area contributed by atoms with Crippen molar-refractivity contribution < 1.29 is 0 Å². The Morgan fingerprint density at radius 3 is 2.90 bits per heavy atom. The molecule has 1 aliphatic rings. The van der Waals surface area contributed by atoms with Crippen molar-refractivity contribution >= 4 is 11.5 Å². The molecule has 0 saturated carbocycles. The number of fused-ring (bicyclic) bond motifs is 1. The van der Waals surface area contributed by atoms with Gasteiger partial charge in [0.2, 0.25) is 0 Å². The van der Waals surface area contributed by atoms with Gasteiger partial charge in [-0.2, -0.15) is 5.26 Å². The molecule has 1 aromatic heterocycles. The van der Waals surface area contributed by atoms with Gasteiger partial charge in [-0.25, -0.2) is 9.97 Å². The van der Waals surface area contributed by atoms with Gasteiger partial charge in [0.25, 0.3) is 0 Å². The van der Waals surface area contributed by atoms with E-state index in [1.165, 1.54) is 24.1 Å². The van der Waals surface area contributed by atoms with E-state index in [2.05, 4.69) is 16.0 Å². The molecular formula is C16H16N4. The summed E-state index contributed by atoms with van der Waals surface area (Å²) in [4.78, 5) is 10.9. The quantitative estimate of drug-likeness (QED) is 0.836. The minimum Gasteiger partial charge on any atom is -0.329 e. The van der Waals surface area contributed by atoms with Crippen molar-refractivity contribution in [1.82, 2.24) is 9.97 Å². The molecule has 0 aliphatic heterocycles. The van der Waals surface area contributed by atoms with Crippen molar-refractivity contribution in [3.8, 4) is 6.07 Å². The first kappa shape index (κ1) is 12.6. The Morgan fingerprint density at radius 2 is 2.05 bits per heavy atom. The van der Waals surface area contributed by atoms with Crippen molar-refractivity contribution in [2.75, 3.05) is 11.9 Å².